The third-order valence-corrected chi connectivity index (χ3v) is 4.56. The van der Waals surface area contributed by atoms with E-state index in [0.717, 1.165) is 12.2 Å². The average molecular weight is 355 g/mol. The monoisotopic (exact) mass is 354 g/mol. The minimum Gasteiger partial charge on any atom is -0.324 e. The van der Waals surface area contributed by atoms with E-state index in [-0.39, 0.29) is 5.02 Å². The van der Waals surface area contributed by atoms with Gasteiger partial charge >= 0.3 is 0 Å². The molecule has 0 aliphatic carbocycles. The van der Waals surface area contributed by atoms with Gasteiger partial charge in [-0.3, -0.25) is 0 Å². The first kappa shape index (κ1) is 15.8. The lowest BCUT2D eigenvalue weighted by Crippen LogP contribution is -2.25. The molecule has 0 amide bonds. The van der Waals surface area contributed by atoms with Crippen molar-refractivity contribution in [2.75, 3.05) is 10.2 Å². The smallest absolute Gasteiger partial charge is 0.229 e. The molecule has 0 spiro atoms. The number of rotatable bonds is 3. The van der Waals surface area contributed by atoms with Crippen LogP contribution in [0.2, 0.25) is 5.02 Å². The highest BCUT2D eigenvalue weighted by molar-refractivity contribution is 6.31. The molecule has 1 unspecified atom stereocenters. The predicted molar refractivity (Wildman–Crippen MR) is 98.5 cm³/mol. The third-order valence-electron chi connectivity index (χ3n) is 4.27. The molecule has 3 aromatic rings. The number of anilines is 4. The lowest BCUT2D eigenvalue weighted by Gasteiger charge is -2.24. The number of para-hydroxylation sites is 1. The molecule has 0 saturated carbocycles. The number of nitrogens with zero attached hydrogens (tertiary/aromatic N) is 3. The number of fused-ring (bicyclic) bond motifs is 1. The summed E-state index contributed by atoms with van der Waals surface area (Å²) >= 11 is 5.83. The van der Waals surface area contributed by atoms with Gasteiger partial charge in [-0.15, -0.1) is 0 Å². The third kappa shape index (κ3) is 3.03. The first-order valence-electron chi connectivity index (χ1n) is 8.04. The van der Waals surface area contributed by atoms with E-state index in [0.29, 0.717) is 17.7 Å². The molecular formula is C19H16ClFN4. The summed E-state index contributed by atoms with van der Waals surface area (Å²) in [6.07, 6.45) is 2.69. The predicted octanol–water partition coefficient (Wildman–Crippen LogP) is 5.10. The van der Waals surface area contributed by atoms with Gasteiger partial charge in [-0.05, 0) is 49.2 Å². The van der Waals surface area contributed by atoms with Gasteiger partial charge in [-0.25, -0.2) is 9.37 Å². The van der Waals surface area contributed by atoms with Crippen molar-refractivity contribution in [3.8, 4) is 0 Å². The fourth-order valence-corrected chi connectivity index (χ4v) is 3.34. The van der Waals surface area contributed by atoms with Crippen molar-refractivity contribution in [1.29, 1.82) is 0 Å². The lowest BCUT2D eigenvalue weighted by molar-refractivity contribution is 0.628. The highest BCUT2D eigenvalue weighted by Crippen LogP contribution is 2.37. The minimum atomic E-state index is -0.454. The molecule has 0 radical (unpaired) electrons. The highest BCUT2D eigenvalue weighted by Gasteiger charge is 2.27. The van der Waals surface area contributed by atoms with Crippen molar-refractivity contribution in [3.05, 3.63) is 71.1 Å². The van der Waals surface area contributed by atoms with E-state index < -0.39 is 5.82 Å². The Morgan fingerprint density at radius 1 is 1.20 bits per heavy atom. The first-order valence-corrected chi connectivity index (χ1v) is 8.42. The van der Waals surface area contributed by atoms with Crippen LogP contribution in [-0.4, -0.2) is 16.0 Å². The van der Waals surface area contributed by atoms with Gasteiger partial charge in [-0.1, -0.05) is 29.8 Å². The van der Waals surface area contributed by atoms with Gasteiger partial charge < -0.3 is 10.2 Å². The quantitative estimate of drug-likeness (QED) is 0.710. The molecular weight excluding hydrogens is 339 g/mol. The maximum absolute atomic E-state index is 13.3. The summed E-state index contributed by atoms with van der Waals surface area (Å²) in [5.41, 5.74) is 3.12. The molecule has 126 valence electrons. The molecule has 0 saturated heterocycles. The Morgan fingerprint density at radius 3 is 2.88 bits per heavy atom. The average Bonchev–Trinajstić information content (AvgIpc) is 2.94. The van der Waals surface area contributed by atoms with Crippen LogP contribution in [0.25, 0.3) is 0 Å². The van der Waals surface area contributed by atoms with Crippen LogP contribution in [0.4, 0.5) is 27.5 Å². The van der Waals surface area contributed by atoms with Gasteiger partial charge in [-0.2, -0.15) is 4.98 Å². The number of aromatic nitrogens is 2. The minimum absolute atomic E-state index is 0.0586. The second-order valence-electron chi connectivity index (χ2n) is 6.04. The van der Waals surface area contributed by atoms with E-state index in [4.69, 9.17) is 11.6 Å². The Kier molecular flexibility index (Phi) is 4.01. The van der Waals surface area contributed by atoms with Crippen LogP contribution in [0.3, 0.4) is 0 Å². The number of benzene rings is 2. The molecule has 4 rings (SSSR count). The molecule has 1 atom stereocenters. The summed E-state index contributed by atoms with van der Waals surface area (Å²) in [6.45, 7) is 2.18. The fraction of sp³-hybridized carbons (Fsp3) is 0.158. The first-order chi connectivity index (χ1) is 12.1. The normalized spacial score (nSPS) is 16.0. The van der Waals surface area contributed by atoms with E-state index in [1.165, 1.54) is 23.4 Å². The zero-order valence-electron chi connectivity index (χ0n) is 13.6. The summed E-state index contributed by atoms with van der Waals surface area (Å²) in [7, 11) is 0. The number of hydrogen-bond acceptors (Lipinski definition) is 4. The zero-order chi connectivity index (χ0) is 17.4. The zero-order valence-corrected chi connectivity index (χ0v) is 14.3. The van der Waals surface area contributed by atoms with Crippen LogP contribution in [0.1, 0.15) is 12.5 Å². The molecule has 1 aliphatic rings. The van der Waals surface area contributed by atoms with E-state index >= 15 is 0 Å². The van der Waals surface area contributed by atoms with E-state index in [2.05, 4.69) is 45.3 Å². The maximum Gasteiger partial charge on any atom is 0.229 e. The molecule has 25 heavy (non-hydrogen) atoms. The number of hydrogen-bond donors (Lipinski definition) is 1. The Bertz CT molecular complexity index is 931. The van der Waals surface area contributed by atoms with Crippen molar-refractivity contribution in [3.63, 3.8) is 0 Å². The largest absolute Gasteiger partial charge is 0.324 e. The molecule has 1 N–H and O–H groups in total. The van der Waals surface area contributed by atoms with Gasteiger partial charge in [0.2, 0.25) is 5.95 Å². The van der Waals surface area contributed by atoms with Crippen LogP contribution in [0.5, 0.6) is 0 Å². The molecule has 2 heterocycles. The van der Waals surface area contributed by atoms with Gasteiger partial charge in [0.15, 0.2) is 0 Å². The van der Waals surface area contributed by atoms with Crippen LogP contribution >= 0.6 is 11.6 Å². The summed E-state index contributed by atoms with van der Waals surface area (Å²) in [5, 5.41) is 3.13. The molecule has 0 fully saturated rings. The van der Waals surface area contributed by atoms with E-state index in [9.17, 15) is 4.39 Å². The van der Waals surface area contributed by atoms with E-state index in [1.54, 1.807) is 12.3 Å². The van der Waals surface area contributed by atoms with Crippen molar-refractivity contribution >= 4 is 34.7 Å². The van der Waals surface area contributed by atoms with Crippen molar-refractivity contribution in [2.45, 2.75) is 19.4 Å². The molecule has 1 aliphatic heterocycles. The van der Waals surface area contributed by atoms with Gasteiger partial charge in [0.05, 0.1) is 5.02 Å². The fourth-order valence-electron chi connectivity index (χ4n) is 3.16. The molecule has 0 bridgehead atoms. The number of nitrogens with one attached hydrogen (secondary N) is 1. The summed E-state index contributed by atoms with van der Waals surface area (Å²) < 4.78 is 13.3. The summed E-state index contributed by atoms with van der Waals surface area (Å²) in [4.78, 5) is 11.1. The second-order valence-corrected chi connectivity index (χ2v) is 6.45. The lowest BCUT2D eigenvalue weighted by atomic mass is 10.1. The SMILES string of the molecule is CC1Cc2ccccc2N1c1ccnc(Nc2ccc(F)c(Cl)c2)n1. The topological polar surface area (TPSA) is 41.1 Å². The Labute approximate surface area is 150 Å². The Hall–Kier alpha value is -2.66. The molecule has 6 heteroatoms. The van der Waals surface area contributed by atoms with Crippen molar-refractivity contribution < 1.29 is 4.39 Å². The second kappa shape index (κ2) is 6.33. The van der Waals surface area contributed by atoms with Crippen LogP contribution in [0.15, 0.2) is 54.7 Å². The van der Waals surface area contributed by atoms with Crippen LogP contribution in [-0.2, 0) is 6.42 Å². The van der Waals surface area contributed by atoms with Crippen LogP contribution < -0.4 is 10.2 Å². The van der Waals surface area contributed by atoms with Crippen molar-refractivity contribution in [2.24, 2.45) is 0 Å². The van der Waals surface area contributed by atoms with Crippen LogP contribution in [0, 0.1) is 5.82 Å². The molecule has 2 aromatic carbocycles. The molecule has 4 nitrogen and oxygen atoms in total. The Balaban J connectivity index is 1.65. The maximum atomic E-state index is 13.3. The van der Waals surface area contributed by atoms with E-state index in [1.807, 2.05) is 12.1 Å². The summed E-state index contributed by atoms with van der Waals surface area (Å²) in [6, 6.07) is 15.0. The summed E-state index contributed by atoms with van der Waals surface area (Å²) in [5.74, 6) is 0.810. The standard InChI is InChI=1S/C19H16ClFN4/c1-12-10-13-4-2-3-5-17(13)25(12)18-8-9-22-19(24-18)23-14-6-7-16(21)15(20)11-14/h2-9,11-12H,10H2,1H3,(H,22,23,24). The van der Waals surface area contributed by atoms with Gasteiger partial charge in [0.1, 0.15) is 11.6 Å². The molecule has 1 aromatic heterocycles. The van der Waals surface area contributed by atoms with Crippen molar-refractivity contribution in [1.82, 2.24) is 9.97 Å². The van der Waals surface area contributed by atoms with Gasteiger partial charge in [0, 0.05) is 23.6 Å². The highest BCUT2D eigenvalue weighted by atomic mass is 35.5. The Morgan fingerprint density at radius 2 is 2.04 bits per heavy atom. The number of halogens is 2. The van der Waals surface area contributed by atoms with Gasteiger partial charge in [0.25, 0.3) is 0 Å².